The Kier molecular flexibility index (Phi) is 4.70. The van der Waals surface area contributed by atoms with E-state index in [-0.39, 0.29) is 12.4 Å². The molecule has 18 heavy (non-hydrogen) atoms. The SMILES string of the molecule is CC(c1ccccc1Br)N1C[C@H]2CNC[C@H]2C1.Cl. The molecule has 2 aliphatic rings. The fraction of sp³-hybridized carbons (Fsp3) is 0.571. The fourth-order valence-electron chi connectivity index (χ4n) is 3.22. The summed E-state index contributed by atoms with van der Waals surface area (Å²) in [4.78, 5) is 2.64. The summed E-state index contributed by atoms with van der Waals surface area (Å²) in [6.45, 7) is 7.25. The Bertz CT molecular complexity index is 401. The molecule has 2 saturated heterocycles. The lowest BCUT2D eigenvalue weighted by molar-refractivity contribution is 0.243. The summed E-state index contributed by atoms with van der Waals surface area (Å²) >= 11 is 3.67. The molecular formula is C14H20BrClN2. The van der Waals surface area contributed by atoms with E-state index in [2.05, 4.69) is 57.3 Å². The first-order valence-corrected chi connectivity index (χ1v) is 7.24. The van der Waals surface area contributed by atoms with Crippen LogP contribution in [0, 0.1) is 11.8 Å². The van der Waals surface area contributed by atoms with E-state index >= 15 is 0 Å². The van der Waals surface area contributed by atoms with Crippen LogP contribution in [0.15, 0.2) is 28.7 Å². The molecule has 1 unspecified atom stereocenters. The van der Waals surface area contributed by atoms with Gasteiger partial charge in [0.15, 0.2) is 0 Å². The van der Waals surface area contributed by atoms with Crippen molar-refractivity contribution < 1.29 is 0 Å². The Hall–Kier alpha value is -0.0900. The summed E-state index contributed by atoms with van der Waals surface area (Å²) in [6, 6.07) is 9.12. The first-order chi connectivity index (χ1) is 8.25. The molecule has 1 N–H and O–H groups in total. The molecule has 0 radical (unpaired) electrons. The molecule has 1 aromatic rings. The number of halogens is 2. The molecule has 2 nitrogen and oxygen atoms in total. The molecule has 0 bridgehead atoms. The van der Waals surface area contributed by atoms with Crippen molar-refractivity contribution in [3.63, 3.8) is 0 Å². The molecule has 0 aromatic heterocycles. The highest BCUT2D eigenvalue weighted by Crippen LogP contribution is 2.34. The third kappa shape index (κ3) is 2.60. The summed E-state index contributed by atoms with van der Waals surface area (Å²) in [5, 5.41) is 3.50. The highest BCUT2D eigenvalue weighted by molar-refractivity contribution is 9.10. The smallest absolute Gasteiger partial charge is 0.0331 e. The van der Waals surface area contributed by atoms with Crippen LogP contribution in [0.2, 0.25) is 0 Å². The molecule has 0 saturated carbocycles. The monoisotopic (exact) mass is 330 g/mol. The summed E-state index contributed by atoms with van der Waals surface area (Å²) in [6.07, 6.45) is 0. The van der Waals surface area contributed by atoms with E-state index in [4.69, 9.17) is 0 Å². The fourth-order valence-corrected chi connectivity index (χ4v) is 3.83. The van der Waals surface area contributed by atoms with E-state index in [1.165, 1.54) is 36.2 Å². The van der Waals surface area contributed by atoms with Crippen molar-refractivity contribution in [2.24, 2.45) is 11.8 Å². The molecule has 1 aromatic carbocycles. The van der Waals surface area contributed by atoms with E-state index in [0.717, 1.165) is 11.8 Å². The van der Waals surface area contributed by atoms with Gasteiger partial charge in [0, 0.05) is 23.6 Å². The van der Waals surface area contributed by atoms with Crippen molar-refractivity contribution in [1.82, 2.24) is 10.2 Å². The van der Waals surface area contributed by atoms with Gasteiger partial charge in [0.25, 0.3) is 0 Å². The maximum atomic E-state index is 3.67. The zero-order valence-corrected chi connectivity index (χ0v) is 13.0. The van der Waals surface area contributed by atoms with Crippen molar-refractivity contribution in [2.45, 2.75) is 13.0 Å². The molecule has 100 valence electrons. The second-order valence-electron chi connectivity index (χ2n) is 5.33. The van der Waals surface area contributed by atoms with Crippen LogP contribution in [0.3, 0.4) is 0 Å². The van der Waals surface area contributed by atoms with Gasteiger partial charge < -0.3 is 5.32 Å². The maximum absolute atomic E-state index is 3.67. The zero-order chi connectivity index (χ0) is 11.8. The van der Waals surface area contributed by atoms with Crippen LogP contribution in [0.25, 0.3) is 0 Å². The molecule has 4 heteroatoms. The Morgan fingerprint density at radius 3 is 2.44 bits per heavy atom. The summed E-state index contributed by atoms with van der Waals surface area (Å²) in [5.74, 6) is 1.75. The average Bonchev–Trinajstić information content (AvgIpc) is 2.88. The van der Waals surface area contributed by atoms with E-state index in [1.54, 1.807) is 0 Å². The Morgan fingerprint density at radius 2 is 1.83 bits per heavy atom. The number of nitrogens with one attached hydrogen (secondary N) is 1. The van der Waals surface area contributed by atoms with Gasteiger partial charge in [0.2, 0.25) is 0 Å². The number of hydrogen-bond donors (Lipinski definition) is 1. The summed E-state index contributed by atoms with van der Waals surface area (Å²) < 4.78 is 1.24. The molecule has 2 fully saturated rings. The van der Waals surface area contributed by atoms with E-state index in [1.807, 2.05) is 0 Å². The number of benzene rings is 1. The van der Waals surface area contributed by atoms with Gasteiger partial charge in [-0.2, -0.15) is 0 Å². The van der Waals surface area contributed by atoms with E-state index in [0.29, 0.717) is 6.04 Å². The minimum absolute atomic E-state index is 0. The van der Waals surface area contributed by atoms with E-state index < -0.39 is 0 Å². The molecule has 3 atom stereocenters. The van der Waals surface area contributed by atoms with Crippen molar-refractivity contribution in [3.05, 3.63) is 34.3 Å². The van der Waals surface area contributed by atoms with Crippen molar-refractivity contribution in [1.29, 1.82) is 0 Å². The van der Waals surface area contributed by atoms with Crippen molar-refractivity contribution >= 4 is 28.3 Å². The van der Waals surface area contributed by atoms with Gasteiger partial charge in [-0.05, 0) is 43.5 Å². The first kappa shape index (κ1) is 14.3. The van der Waals surface area contributed by atoms with Crippen LogP contribution in [0.4, 0.5) is 0 Å². The second kappa shape index (κ2) is 5.91. The number of hydrogen-bond acceptors (Lipinski definition) is 2. The highest BCUT2D eigenvalue weighted by Gasteiger charge is 2.38. The molecule has 2 heterocycles. The predicted molar refractivity (Wildman–Crippen MR) is 81.2 cm³/mol. The van der Waals surface area contributed by atoms with Crippen molar-refractivity contribution in [3.8, 4) is 0 Å². The maximum Gasteiger partial charge on any atom is 0.0331 e. The lowest BCUT2D eigenvalue weighted by Gasteiger charge is -2.26. The number of rotatable bonds is 2. The van der Waals surface area contributed by atoms with Gasteiger partial charge in [-0.15, -0.1) is 12.4 Å². The third-order valence-electron chi connectivity index (χ3n) is 4.32. The molecule has 0 aliphatic carbocycles. The second-order valence-corrected chi connectivity index (χ2v) is 6.18. The number of nitrogens with zero attached hydrogens (tertiary/aromatic N) is 1. The molecular weight excluding hydrogens is 312 g/mol. The normalized spacial score (nSPS) is 28.8. The Morgan fingerprint density at radius 1 is 1.22 bits per heavy atom. The minimum Gasteiger partial charge on any atom is -0.316 e. The highest BCUT2D eigenvalue weighted by atomic mass is 79.9. The summed E-state index contributed by atoms with van der Waals surface area (Å²) in [7, 11) is 0. The van der Waals surface area contributed by atoms with Crippen LogP contribution < -0.4 is 5.32 Å². The Labute approximate surface area is 124 Å². The number of fused-ring (bicyclic) bond motifs is 1. The zero-order valence-electron chi connectivity index (χ0n) is 10.6. The van der Waals surface area contributed by atoms with Crippen LogP contribution >= 0.6 is 28.3 Å². The van der Waals surface area contributed by atoms with Gasteiger partial charge in [0.1, 0.15) is 0 Å². The third-order valence-corrected chi connectivity index (χ3v) is 5.04. The first-order valence-electron chi connectivity index (χ1n) is 6.45. The minimum atomic E-state index is 0. The molecule has 0 amide bonds. The molecule has 0 spiro atoms. The molecule has 2 aliphatic heterocycles. The largest absolute Gasteiger partial charge is 0.316 e. The van der Waals surface area contributed by atoms with Gasteiger partial charge >= 0.3 is 0 Å². The van der Waals surface area contributed by atoms with Crippen LogP contribution in [-0.4, -0.2) is 31.1 Å². The van der Waals surface area contributed by atoms with Crippen molar-refractivity contribution in [2.75, 3.05) is 26.2 Å². The summed E-state index contributed by atoms with van der Waals surface area (Å²) in [5.41, 5.74) is 1.42. The van der Waals surface area contributed by atoms with Crippen LogP contribution in [-0.2, 0) is 0 Å². The topological polar surface area (TPSA) is 15.3 Å². The predicted octanol–water partition coefficient (Wildman–Crippen LogP) is 3.08. The lowest BCUT2D eigenvalue weighted by atomic mass is 10.0. The quantitative estimate of drug-likeness (QED) is 0.896. The molecule has 3 rings (SSSR count). The number of likely N-dealkylation sites (tertiary alicyclic amines) is 1. The lowest BCUT2D eigenvalue weighted by Crippen LogP contribution is -2.28. The average molecular weight is 332 g/mol. The van der Waals surface area contributed by atoms with Gasteiger partial charge in [-0.1, -0.05) is 34.1 Å². The standard InChI is InChI=1S/C14H19BrN2.ClH/c1-10(13-4-2-3-5-14(13)15)17-8-11-6-16-7-12(11)9-17;/h2-5,10-12,16H,6-9H2,1H3;1H/t10?,11-,12+;. The van der Waals surface area contributed by atoms with Gasteiger partial charge in [-0.25, -0.2) is 0 Å². The van der Waals surface area contributed by atoms with Gasteiger partial charge in [-0.3, -0.25) is 4.90 Å². The van der Waals surface area contributed by atoms with Gasteiger partial charge in [0.05, 0.1) is 0 Å². The van der Waals surface area contributed by atoms with E-state index in [9.17, 15) is 0 Å². The Balaban J connectivity index is 0.00000120. The van der Waals surface area contributed by atoms with Crippen LogP contribution in [0.1, 0.15) is 18.5 Å². The van der Waals surface area contributed by atoms with Crippen LogP contribution in [0.5, 0.6) is 0 Å².